The first-order valence-corrected chi connectivity index (χ1v) is 9.42. The van der Waals surface area contributed by atoms with Crippen molar-refractivity contribution >= 4 is 17.4 Å². The van der Waals surface area contributed by atoms with Gasteiger partial charge in [0.1, 0.15) is 23.6 Å². The summed E-state index contributed by atoms with van der Waals surface area (Å²) >= 11 is 0. The number of anilines is 2. The standard InChI is InChI=1S/C20H27N5O2/c1-4-23(5-2)20(26)16-14-19(22-15-21-16)25-12-10-24(11-13-25)17-8-6-7-9-18(17)27-3/h6-9,14-15H,4-5,10-13H2,1-3H3. The van der Waals surface area contributed by atoms with Crippen LogP contribution in [0.5, 0.6) is 5.75 Å². The number of nitrogens with zero attached hydrogens (tertiary/aromatic N) is 5. The SMILES string of the molecule is CCN(CC)C(=O)c1cc(N2CCN(c3ccccc3OC)CC2)ncn1. The molecule has 7 heteroatoms. The molecule has 0 atom stereocenters. The van der Waals surface area contributed by atoms with Crippen molar-refractivity contribution in [2.75, 3.05) is 56.2 Å². The molecule has 1 saturated heterocycles. The summed E-state index contributed by atoms with van der Waals surface area (Å²) < 4.78 is 5.48. The van der Waals surface area contributed by atoms with E-state index in [4.69, 9.17) is 4.74 Å². The summed E-state index contributed by atoms with van der Waals surface area (Å²) in [7, 11) is 1.70. The van der Waals surface area contributed by atoms with Gasteiger partial charge in [0.05, 0.1) is 12.8 Å². The number of rotatable bonds is 6. The van der Waals surface area contributed by atoms with Crippen molar-refractivity contribution in [1.29, 1.82) is 0 Å². The van der Waals surface area contributed by atoms with Crippen LogP contribution in [0, 0.1) is 0 Å². The highest BCUT2D eigenvalue weighted by molar-refractivity contribution is 5.92. The Morgan fingerprint density at radius 1 is 1.07 bits per heavy atom. The van der Waals surface area contributed by atoms with Crippen molar-refractivity contribution in [2.24, 2.45) is 0 Å². The molecule has 2 heterocycles. The van der Waals surface area contributed by atoms with Gasteiger partial charge in [0.15, 0.2) is 0 Å². The van der Waals surface area contributed by atoms with Crippen LogP contribution in [0.15, 0.2) is 36.7 Å². The minimum absolute atomic E-state index is 0.0451. The zero-order valence-corrected chi connectivity index (χ0v) is 16.3. The highest BCUT2D eigenvalue weighted by atomic mass is 16.5. The number of amides is 1. The fraction of sp³-hybridized carbons (Fsp3) is 0.450. The van der Waals surface area contributed by atoms with Gasteiger partial charge in [-0.3, -0.25) is 4.79 Å². The van der Waals surface area contributed by atoms with Crippen LogP contribution in [0.3, 0.4) is 0 Å². The Morgan fingerprint density at radius 3 is 2.41 bits per heavy atom. The summed E-state index contributed by atoms with van der Waals surface area (Å²) in [5.74, 6) is 1.65. The Balaban J connectivity index is 1.69. The van der Waals surface area contributed by atoms with Crippen molar-refractivity contribution in [2.45, 2.75) is 13.8 Å². The third-order valence-corrected chi connectivity index (χ3v) is 4.95. The molecule has 1 aliphatic rings. The molecule has 1 amide bonds. The van der Waals surface area contributed by atoms with E-state index in [2.05, 4.69) is 25.8 Å². The molecule has 1 aromatic carbocycles. The number of methoxy groups -OCH3 is 1. The molecule has 1 fully saturated rings. The number of ether oxygens (including phenoxy) is 1. The Bertz CT molecular complexity index is 770. The number of carbonyl (C=O) groups is 1. The third kappa shape index (κ3) is 4.13. The molecule has 0 aliphatic carbocycles. The van der Waals surface area contributed by atoms with E-state index in [1.165, 1.54) is 6.33 Å². The lowest BCUT2D eigenvalue weighted by molar-refractivity contribution is 0.0767. The maximum Gasteiger partial charge on any atom is 0.272 e. The van der Waals surface area contributed by atoms with Gasteiger partial charge in [0.2, 0.25) is 0 Å². The monoisotopic (exact) mass is 369 g/mol. The molecule has 27 heavy (non-hydrogen) atoms. The number of hydrogen-bond acceptors (Lipinski definition) is 6. The second kappa shape index (κ2) is 8.70. The summed E-state index contributed by atoms with van der Waals surface area (Å²) in [5, 5.41) is 0. The zero-order valence-electron chi connectivity index (χ0n) is 16.3. The van der Waals surface area contributed by atoms with Crippen LogP contribution in [0.2, 0.25) is 0 Å². The molecular weight excluding hydrogens is 342 g/mol. The van der Waals surface area contributed by atoms with Crippen LogP contribution < -0.4 is 14.5 Å². The van der Waals surface area contributed by atoms with Crippen molar-refractivity contribution in [1.82, 2.24) is 14.9 Å². The first-order chi connectivity index (χ1) is 13.2. The minimum Gasteiger partial charge on any atom is -0.495 e. The topological polar surface area (TPSA) is 61.8 Å². The molecule has 3 rings (SSSR count). The zero-order chi connectivity index (χ0) is 19.2. The predicted molar refractivity (Wildman–Crippen MR) is 107 cm³/mol. The van der Waals surface area contributed by atoms with Crippen molar-refractivity contribution < 1.29 is 9.53 Å². The lowest BCUT2D eigenvalue weighted by Crippen LogP contribution is -2.47. The second-order valence-corrected chi connectivity index (χ2v) is 6.38. The van der Waals surface area contributed by atoms with E-state index >= 15 is 0 Å². The highest BCUT2D eigenvalue weighted by Crippen LogP contribution is 2.29. The Hall–Kier alpha value is -2.83. The number of aromatic nitrogens is 2. The van der Waals surface area contributed by atoms with Crippen LogP contribution in [-0.2, 0) is 0 Å². The van der Waals surface area contributed by atoms with Crippen LogP contribution >= 0.6 is 0 Å². The quantitative estimate of drug-likeness (QED) is 0.779. The van der Waals surface area contributed by atoms with E-state index in [9.17, 15) is 4.79 Å². The summed E-state index contributed by atoms with van der Waals surface area (Å²) in [4.78, 5) is 27.4. The fourth-order valence-corrected chi connectivity index (χ4v) is 3.38. The van der Waals surface area contributed by atoms with Crippen molar-refractivity contribution in [3.8, 4) is 5.75 Å². The van der Waals surface area contributed by atoms with E-state index in [-0.39, 0.29) is 5.91 Å². The lowest BCUT2D eigenvalue weighted by Gasteiger charge is -2.37. The van der Waals surface area contributed by atoms with Crippen LogP contribution in [0.25, 0.3) is 0 Å². The molecule has 0 unspecified atom stereocenters. The molecular formula is C20H27N5O2. The van der Waals surface area contributed by atoms with Crippen molar-refractivity contribution in [3.05, 3.63) is 42.4 Å². The van der Waals surface area contributed by atoms with Gasteiger partial charge in [-0.1, -0.05) is 12.1 Å². The first-order valence-electron chi connectivity index (χ1n) is 9.42. The Kier molecular flexibility index (Phi) is 6.11. The smallest absolute Gasteiger partial charge is 0.272 e. The van der Waals surface area contributed by atoms with Gasteiger partial charge >= 0.3 is 0 Å². The van der Waals surface area contributed by atoms with Gasteiger partial charge in [-0.15, -0.1) is 0 Å². The van der Waals surface area contributed by atoms with Gasteiger partial charge in [-0.25, -0.2) is 9.97 Å². The van der Waals surface area contributed by atoms with Gasteiger partial charge in [0, 0.05) is 45.3 Å². The summed E-state index contributed by atoms with van der Waals surface area (Å²) in [6, 6.07) is 9.88. The molecule has 0 bridgehead atoms. The largest absolute Gasteiger partial charge is 0.495 e. The molecule has 0 N–H and O–H groups in total. The highest BCUT2D eigenvalue weighted by Gasteiger charge is 2.22. The number of hydrogen-bond donors (Lipinski definition) is 0. The molecule has 0 spiro atoms. The first kappa shape index (κ1) is 18.9. The number of carbonyl (C=O) groups excluding carboxylic acids is 1. The van der Waals surface area contributed by atoms with E-state index in [0.717, 1.165) is 43.4 Å². The molecule has 1 aromatic heterocycles. The average molecular weight is 369 g/mol. The second-order valence-electron chi connectivity index (χ2n) is 6.38. The predicted octanol–water partition coefficient (Wildman–Crippen LogP) is 2.29. The Morgan fingerprint density at radius 2 is 1.74 bits per heavy atom. The Labute approximate surface area is 160 Å². The van der Waals surface area contributed by atoms with E-state index in [1.54, 1.807) is 18.1 Å². The number of para-hydroxylation sites is 2. The lowest BCUT2D eigenvalue weighted by atomic mass is 10.2. The summed E-state index contributed by atoms with van der Waals surface area (Å²) in [6.07, 6.45) is 1.48. The molecule has 144 valence electrons. The fourth-order valence-electron chi connectivity index (χ4n) is 3.38. The maximum absolute atomic E-state index is 12.5. The molecule has 0 saturated carbocycles. The molecule has 2 aromatic rings. The van der Waals surface area contributed by atoms with Gasteiger partial charge in [-0.05, 0) is 26.0 Å². The van der Waals surface area contributed by atoms with Gasteiger partial charge < -0.3 is 19.4 Å². The minimum atomic E-state index is -0.0451. The van der Waals surface area contributed by atoms with Crippen LogP contribution in [0.4, 0.5) is 11.5 Å². The summed E-state index contributed by atoms with van der Waals surface area (Å²) in [5.41, 5.74) is 1.57. The molecule has 7 nitrogen and oxygen atoms in total. The maximum atomic E-state index is 12.5. The summed E-state index contributed by atoms with van der Waals surface area (Å²) in [6.45, 7) is 8.68. The normalized spacial score (nSPS) is 14.2. The van der Waals surface area contributed by atoms with E-state index in [1.807, 2.05) is 32.0 Å². The molecule has 1 aliphatic heterocycles. The number of piperazine rings is 1. The van der Waals surface area contributed by atoms with E-state index < -0.39 is 0 Å². The number of benzene rings is 1. The third-order valence-electron chi connectivity index (χ3n) is 4.95. The van der Waals surface area contributed by atoms with Crippen LogP contribution in [0.1, 0.15) is 24.3 Å². The average Bonchev–Trinajstić information content (AvgIpc) is 2.74. The van der Waals surface area contributed by atoms with Gasteiger partial charge in [0.25, 0.3) is 5.91 Å². The van der Waals surface area contributed by atoms with Crippen molar-refractivity contribution in [3.63, 3.8) is 0 Å². The van der Waals surface area contributed by atoms with Gasteiger partial charge in [-0.2, -0.15) is 0 Å². The van der Waals surface area contributed by atoms with E-state index in [0.29, 0.717) is 18.8 Å². The molecule has 0 radical (unpaired) electrons. The van der Waals surface area contributed by atoms with Crippen LogP contribution in [-0.4, -0.2) is 67.2 Å².